The van der Waals surface area contributed by atoms with E-state index in [4.69, 9.17) is 21.1 Å². The highest BCUT2D eigenvalue weighted by Gasteiger charge is 2.34. The summed E-state index contributed by atoms with van der Waals surface area (Å²) in [6, 6.07) is 1.09. The first-order valence-electron chi connectivity index (χ1n) is 11.1. The summed E-state index contributed by atoms with van der Waals surface area (Å²) >= 11 is 6.29. The van der Waals surface area contributed by atoms with Gasteiger partial charge in [-0.2, -0.15) is 10.2 Å². The first-order valence-corrected chi connectivity index (χ1v) is 11.5. The van der Waals surface area contributed by atoms with E-state index < -0.39 is 6.03 Å². The Hall–Kier alpha value is -3.24. The van der Waals surface area contributed by atoms with Crippen molar-refractivity contribution in [3.05, 3.63) is 47.6 Å². The Morgan fingerprint density at radius 2 is 1.97 bits per heavy atom. The molecule has 2 amide bonds. The van der Waals surface area contributed by atoms with Gasteiger partial charge in [0.05, 0.1) is 59.6 Å². The van der Waals surface area contributed by atoms with Gasteiger partial charge in [0.15, 0.2) is 5.82 Å². The van der Waals surface area contributed by atoms with Crippen LogP contribution in [0.1, 0.15) is 45.3 Å². The van der Waals surface area contributed by atoms with Crippen LogP contribution in [0.4, 0.5) is 16.2 Å². The average Bonchev–Trinajstić information content (AvgIpc) is 3.23. The largest absolute Gasteiger partial charge is 0.489 e. The molecule has 3 heterocycles. The van der Waals surface area contributed by atoms with Crippen LogP contribution in [0.2, 0.25) is 5.02 Å². The highest BCUT2D eigenvalue weighted by Crippen LogP contribution is 2.42. The van der Waals surface area contributed by atoms with E-state index in [1.54, 1.807) is 25.6 Å². The van der Waals surface area contributed by atoms with Crippen LogP contribution in [0.5, 0.6) is 5.75 Å². The zero-order chi connectivity index (χ0) is 24.2. The molecule has 0 saturated heterocycles. The Morgan fingerprint density at radius 3 is 2.62 bits per heavy atom. The third-order valence-electron chi connectivity index (χ3n) is 5.89. The van der Waals surface area contributed by atoms with Crippen LogP contribution in [0.15, 0.2) is 37.1 Å². The molecule has 3 aromatic heterocycles. The van der Waals surface area contributed by atoms with Gasteiger partial charge >= 0.3 is 6.03 Å². The van der Waals surface area contributed by atoms with Crippen molar-refractivity contribution in [1.82, 2.24) is 25.0 Å². The molecular weight excluding hydrogens is 458 g/mol. The Balaban J connectivity index is 1.47. The number of pyridine rings is 2. The summed E-state index contributed by atoms with van der Waals surface area (Å²) in [5, 5.41) is 13.9. The second kappa shape index (κ2) is 10.4. The Morgan fingerprint density at radius 1 is 1.24 bits per heavy atom. The van der Waals surface area contributed by atoms with Crippen molar-refractivity contribution in [2.45, 2.75) is 45.8 Å². The van der Waals surface area contributed by atoms with Crippen LogP contribution in [-0.2, 0) is 4.74 Å². The molecule has 0 spiro atoms. The second-order valence-corrected chi connectivity index (χ2v) is 8.95. The summed E-state index contributed by atoms with van der Waals surface area (Å²) in [6.45, 7) is 6.20. The molecule has 1 fully saturated rings. The van der Waals surface area contributed by atoms with Gasteiger partial charge in [-0.25, -0.2) is 9.78 Å². The molecule has 11 heteroatoms. The van der Waals surface area contributed by atoms with E-state index in [2.05, 4.69) is 44.6 Å². The molecule has 1 saturated carbocycles. The smallest absolute Gasteiger partial charge is 0.323 e. The molecule has 0 aromatic carbocycles. The van der Waals surface area contributed by atoms with Gasteiger partial charge in [0.25, 0.3) is 0 Å². The molecule has 0 aliphatic heterocycles. The quantitative estimate of drug-likeness (QED) is 0.443. The van der Waals surface area contributed by atoms with E-state index >= 15 is 0 Å². The van der Waals surface area contributed by atoms with Crippen LogP contribution in [0.25, 0.3) is 5.82 Å². The van der Waals surface area contributed by atoms with Gasteiger partial charge in [-0.05, 0) is 44.6 Å². The summed E-state index contributed by atoms with van der Waals surface area (Å²) in [4.78, 5) is 22.6. The molecule has 1 aliphatic carbocycles. The number of methoxy groups -OCH3 is 1. The second-order valence-electron chi connectivity index (χ2n) is 8.54. The fraction of sp³-hybridized carbons (Fsp3) is 0.435. The number of anilines is 2. The van der Waals surface area contributed by atoms with Crippen molar-refractivity contribution >= 4 is 29.0 Å². The standard InChI is InChI=1S/C23H28ClN7O3/c1-13-7-16(13)8-14(2)34-20-12-25-11-19(21(20)15(3)33-4)30-23(32)29-17-9-18(24)22(26-10-17)31-27-5-6-28-31/h5-6,9-16H,7-8H2,1-4H3,(H2,29,30,32)/t13?,14?,15-,16-/m1/s1. The van der Waals surface area contributed by atoms with E-state index in [1.807, 2.05) is 6.92 Å². The maximum Gasteiger partial charge on any atom is 0.323 e. The molecule has 2 unspecified atom stereocenters. The van der Waals surface area contributed by atoms with Crippen LogP contribution in [-0.4, -0.2) is 44.2 Å². The van der Waals surface area contributed by atoms with E-state index in [-0.39, 0.29) is 12.2 Å². The maximum atomic E-state index is 12.8. The van der Waals surface area contributed by atoms with Gasteiger partial charge in [0.2, 0.25) is 0 Å². The van der Waals surface area contributed by atoms with E-state index in [0.29, 0.717) is 33.9 Å². The third kappa shape index (κ3) is 5.63. The number of nitrogens with zero attached hydrogens (tertiary/aromatic N) is 5. The molecule has 0 radical (unpaired) electrons. The monoisotopic (exact) mass is 485 g/mol. The number of ether oxygens (including phenoxy) is 2. The molecular formula is C23H28ClN7O3. The fourth-order valence-corrected chi connectivity index (χ4v) is 4.10. The van der Waals surface area contributed by atoms with Gasteiger partial charge in [0, 0.05) is 12.7 Å². The van der Waals surface area contributed by atoms with Crippen LogP contribution in [0.3, 0.4) is 0 Å². The molecule has 1 aliphatic rings. The minimum atomic E-state index is -0.480. The van der Waals surface area contributed by atoms with Crippen molar-refractivity contribution in [3.63, 3.8) is 0 Å². The van der Waals surface area contributed by atoms with E-state index in [9.17, 15) is 4.79 Å². The Labute approximate surface area is 203 Å². The molecule has 10 nitrogen and oxygen atoms in total. The fourth-order valence-electron chi connectivity index (χ4n) is 3.86. The van der Waals surface area contributed by atoms with Crippen LogP contribution >= 0.6 is 11.6 Å². The topological polar surface area (TPSA) is 116 Å². The first-order chi connectivity index (χ1) is 16.4. The zero-order valence-corrected chi connectivity index (χ0v) is 20.3. The van der Waals surface area contributed by atoms with Crippen molar-refractivity contribution in [2.75, 3.05) is 17.7 Å². The zero-order valence-electron chi connectivity index (χ0n) is 19.5. The summed E-state index contributed by atoms with van der Waals surface area (Å²) in [5.41, 5.74) is 1.62. The Bertz CT molecular complexity index is 1140. The van der Waals surface area contributed by atoms with Gasteiger partial charge in [-0.15, -0.1) is 4.80 Å². The van der Waals surface area contributed by atoms with E-state index in [0.717, 1.165) is 17.9 Å². The molecule has 4 atom stereocenters. The number of hydrogen-bond acceptors (Lipinski definition) is 7. The lowest BCUT2D eigenvalue weighted by Crippen LogP contribution is -2.22. The predicted molar refractivity (Wildman–Crippen MR) is 128 cm³/mol. The summed E-state index contributed by atoms with van der Waals surface area (Å²) in [5.74, 6) is 2.41. The van der Waals surface area contributed by atoms with Crippen molar-refractivity contribution in [2.24, 2.45) is 11.8 Å². The molecule has 0 bridgehead atoms. The Kier molecular flexibility index (Phi) is 7.28. The predicted octanol–water partition coefficient (Wildman–Crippen LogP) is 4.88. The van der Waals surface area contributed by atoms with Crippen molar-refractivity contribution in [1.29, 1.82) is 0 Å². The normalized spacial score (nSPS) is 18.7. The maximum absolute atomic E-state index is 12.8. The number of carbonyl (C=O) groups excluding carboxylic acids is 1. The number of carbonyl (C=O) groups is 1. The highest BCUT2D eigenvalue weighted by molar-refractivity contribution is 6.32. The number of halogens is 1. The lowest BCUT2D eigenvalue weighted by molar-refractivity contribution is 0.112. The van der Waals surface area contributed by atoms with Crippen molar-refractivity contribution < 1.29 is 14.3 Å². The number of urea groups is 1. The molecule has 2 N–H and O–H groups in total. The molecule has 34 heavy (non-hydrogen) atoms. The lowest BCUT2D eigenvalue weighted by atomic mass is 10.1. The van der Waals surface area contributed by atoms with Crippen LogP contribution < -0.4 is 15.4 Å². The first kappa shape index (κ1) is 23.9. The highest BCUT2D eigenvalue weighted by atomic mass is 35.5. The van der Waals surface area contributed by atoms with Gasteiger partial charge < -0.3 is 20.1 Å². The number of aromatic nitrogens is 5. The summed E-state index contributed by atoms with van der Waals surface area (Å²) in [7, 11) is 1.61. The summed E-state index contributed by atoms with van der Waals surface area (Å²) < 4.78 is 11.8. The minimum Gasteiger partial charge on any atom is -0.489 e. The number of rotatable bonds is 9. The van der Waals surface area contributed by atoms with Gasteiger partial charge in [-0.1, -0.05) is 18.5 Å². The number of hydrogen-bond donors (Lipinski definition) is 2. The van der Waals surface area contributed by atoms with Gasteiger partial charge in [-0.3, -0.25) is 4.98 Å². The van der Waals surface area contributed by atoms with E-state index in [1.165, 1.54) is 29.8 Å². The lowest BCUT2D eigenvalue weighted by Gasteiger charge is -2.22. The van der Waals surface area contributed by atoms with Crippen molar-refractivity contribution in [3.8, 4) is 11.6 Å². The molecule has 3 aromatic rings. The third-order valence-corrected chi connectivity index (χ3v) is 6.16. The molecule has 4 rings (SSSR count). The minimum absolute atomic E-state index is 0.0274. The molecule has 180 valence electrons. The summed E-state index contributed by atoms with van der Waals surface area (Å²) in [6.07, 6.45) is 9.68. The SMILES string of the molecule is CO[C@H](C)c1c(NC(=O)Nc2cnc(-n3nccn3)c(Cl)c2)cncc1OC(C)C[C@H]1CC1C. The van der Waals surface area contributed by atoms with Crippen LogP contribution in [0, 0.1) is 11.8 Å². The number of nitrogens with one attached hydrogen (secondary N) is 2. The average molecular weight is 486 g/mol. The van der Waals surface area contributed by atoms with Gasteiger partial charge in [0.1, 0.15) is 5.75 Å². The number of amides is 2.